The van der Waals surface area contributed by atoms with Crippen molar-refractivity contribution in [1.82, 2.24) is 9.80 Å². The average Bonchev–Trinajstić information content (AvgIpc) is 2.95. The van der Waals surface area contributed by atoms with Crippen LogP contribution in [0.3, 0.4) is 0 Å². The van der Waals surface area contributed by atoms with Crippen molar-refractivity contribution in [3.8, 4) is 0 Å². The van der Waals surface area contributed by atoms with E-state index in [9.17, 15) is 19.5 Å². The number of hydrogen-bond donors (Lipinski definition) is 1. The maximum atomic E-state index is 13.2. The lowest BCUT2D eigenvalue weighted by Gasteiger charge is -2.24. The Bertz CT molecular complexity index is 869. The second-order valence-electron chi connectivity index (χ2n) is 7.22. The maximum absolute atomic E-state index is 13.2. The molecule has 3 rings (SSSR count). The van der Waals surface area contributed by atoms with Crippen LogP contribution in [0.15, 0.2) is 60.7 Å². The van der Waals surface area contributed by atoms with Gasteiger partial charge >= 0.3 is 18.0 Å². The highest BCUT2D eigenvalue weighted by Crippen LogP contribution is 2.29. The third kappa shape index (κ3) is 4.56. The van der Waals surface area contributed by atoms with Crippen molar-refractivity contribution >= 4 is 18.0 Å². The molecule has 7 nitrogen and oxygen atoms in total. The second-order valence-corrected chi connectivity index (χ2v) is 7.22. The average molecular weight is 396 g/mol. The Morgan fingerprint density at radius 3 is 1.76 bits per heavy atom. The molecular formula is C22H24N2O5. The van der Waals surface area contributed by atoms with Gasteiger partial charge in [-0.1, -0.05) is 60.7 Å². The van der Waals surface area contributed by atoms with E-state index < -0.39 is 36.2 Å². The summed E-state index contributed by atoms with van der Waals surface area (Å²) in [6, 6.07) is 15.2. The molecule has 0 aromatic heterocycles. The monoisotopic (exact) mass is 396 g/mol. The van der Waals surface area contributed by atoms with Gasteiger partial charge in [-0.05, 0) is 25.0 Å². The van der Waals surface area contributed by atoms with E-state index in [2.05, 4.69) is 0 Å². The third-order valence-corrected chi connectivity index (χ3v) is 4.70. The molecule has 0 bridgehead atoms. The zero-order chi connectivity index (χ0) is 21.0. The Kier molecular flexibility index (Phi) is 6.16. The van der Waals surface area contributed by atoms with Crippen LogP contribution in [0.4, 0.5) is 4.79 Å². The Labute approximate surface area is 169 Å². The molecule has 2 aromatic rings. The number of carboxylic acid groups (broad SMARTS) is 1. The van der Waals surface area contributed by atoms with Crippen LogP contribution in [0, 0.1) is 0 Å². The first-order valence-corrected chi connectivity index (χ1v) is 9.47. The van der Waals surface area contributed by atoms with Crippen LogP contribution in [-0.4, -0.2) is 51.1 Å². The molecule has 2 aromatic carbocycles. The van der Waals surface area contributed by atoms with E-state index in [4.69, 9.17) is 4.74 Å². The van der Waals surface area contributed by atoms with E-state index >= 15 is 0 Å². The largest absolute Gasteiger partial charge is 0.480 e. The molecule has 2 atom stereocenters. The van der Waals surface area contributed by atoms with Crippen LogP contribution in [0.1, 0.15) is 25.0 Å². The highest BCUT2D eigenvalue weighted by molar-refractivity contribution is 5.96. The molecule has 2 amide bonds. The number of aliphatic carboxylic acids is 1. The van der Waals surface area contributed by atoms with Crippen molar-refractivity contribution in [3.05, 3.63) is 71.8 Å². The number of ether oxygens (including phenoxy) is 1. The van der Waals surface area contributed by atoms with E-state index in [1.165, 1.54) is 9.80 Å². The van der Waals surface area contributed by atoms with Crippen LogP contribution in [0.2, 0.25) is 0 Å². The first-order chi connectivity index (χ1) is 13.9. The molecule has 1 aliphatic rings. The van der Waals surface area contributed by atoms with E-state index in [-0.39, 0.29) is 13.1 Å². The van der Waals surface area contributed by atoms with Gasteiger partial charge < -0.3 is 19.6 Å². The van der Waals surface area contributed by atoms with E-state index in [0.29, 0.717) is 0 Å². The summed E-state index contributed by atoms with van der Waals surface area (Å²) in [4.78, 5) is 40.7. The van der Waals surface area contributed by atoms with Crippen molar-refractivity contribution in [3.63, 3.8) is 0 Å². The smallest absolute Gasteiger partial charge is 0.331 e. The molecule has 1 N–H and O–H groups in total. The summed E-state index contributed by atoms with van der Waals surface area (Å²) in [5, 5.41) is 9.89. The Hall–Kier alpha value is -3.35. The lowest BCUT2D eigenvalue weighted by atomic mass is 10.1. The maximum Gasteiger partial charge on any atom is 0.331 e. The molecule has 0 saturated carbocycles. The molecule has 1 saturated heterocycles. The summed E-state index contributed by atoms with van der Waals surface area (Å²) in [6.45, 7) is 3.58. The fourth-order valence-corrected chi connectivity index (χ4v) is 3.46. The van der Waals surface area contributed by atoms with Crippen molar-refractivity contribution in [2.75, 3.05) is 0 Å². The number of carbonyl (C=O) groups is 3. The third-order valence-electron chi connectivity index (χ3n) is 4.70. The Morgan fingerprint density at radius 2 is 1.34 bits per heavy atom. The lowest BCUT2D eigenvalue weighted by molar-refractivity contribution is -0.158. The number of carboxylic acids is 1. The van der Waals surface area contributed by atoms with Gasteiger partial charge in [0, 0.05) is 13.1 Å². The summed E-state index contributed by atoms with van der Waals surface area (Å²) < 4.78 is 5.31. The van der Waals surface area contributed by atoms with E-state index in [1.54, 1.807) is 13.8 Å². The molecule has 7 heteroatoms. The van der Waals surface area contributed by atoms with Crippen molar-refractivity contribution in [2.45, 2.75) is 45.1 Å². The fourth-order valence-electron chi connectivity index (χ4n) is 3.46. The zero-order valence-corrected chi connectivity index (χ0v) is 16.4. The molecule has 152 valence electrons. The fraction of sp³-hybridized carbons (Fsp3) is 0.318. The standard InChI is InChI=1S/C22H24N2O5/c1-15(2)29-21(27)19-18(20(25)26)23(13-16-9-5-3-6-10-16)22(28)24(19)14-17-11-7-4-8-12-17/h3-12,15,18-19H,13-14H2,1-2H3,(H,25,26). The van der Waals surface area contributed by atoms with E-state index in [0.717, 1.165) is 11.1 Å². The van der Waals surface area contributed by atoms with Crippen molar-refractivity contribution < 1.29 is 24.2 Å². The number of esters is 1. The lowest BCUT2D eigenvalue weighted by Crippen LogP contribution is -2.48. The summed E-state index contributed by atoms with van der Waals surface area (Å²) in [7, 11) is 0. The van der Waals surface area contributed by atoms with Gasteiger partial charge in [-0.15, -0.1) is 0 Å². The highest BCUT2D eigenvalue weighted by Gasteiger charge is 2.54. The summed E-state index contributed by atoms with van der Waals surface area (Å²) >= 11 is 0. The van der Waals surface area contributed by atoms with Crippen LogP contribution in [0.5, 0.6) is 0 Å². The van der Waals surface area contributed by atoms with Gasteiger partial charge in [0.2, 0.25) is 0 Å². The zero-order valence-electron chi connectivity index (χ0n) is 16.4. The van der Waals surface area contributed by atoms with Crippen LogP contribution >= 0.6 is 0 Å². The Morgan fingerprint density at radius 1 is 0.897 bits per heavy atom. The molecule has 1 fully saturated rings. The van der Waals surface area contributed by atoms with Crippen molar-refractivity contribution in [1.29, 1.82) is 0 Å². The van der Waals surface area contributed by atoms with Gasteiger partial charge in [0.25, 0.3) is 0 Å². The summed E-state index contributed by atoms with van der Waals surface area (Å²) in [6.07, 6.45) is -0.422. The topological polar surface area (TPSA) is 87.1 Å². The summed E-state index contributed by atoms with van der Waals surface area (Å²) in [5.74, 6) is -1.96. The molecule has 0 radical (unpaired) electrons. The summed E-state index contributed by atoms with van der Waals surface area (Å²) in [5.41, 5.74) is 1.58. The molecular weight excluding hydrogens is 372 g/mol. The number of rotatable bonds is 7. The normalized spacial score (nSPS) is 18.9. The highest BCUT2D eigenvalue weighted by atomic mass is 16.5. The number of hydrogen-bond acceptors (Lipinski definition) is 4. The quantitative estimate of drug-likeness (QED) is 0.727. The molecule has 29 heavy (non-hydrogen) atoms. The predicted octanol–water partition coefficient (Wildman–Crippen LogP) is 2.90. The van der Waals surface area contributed by atoms with Gasteiger partial charge in [0.05, 0.1) is 6.10 Å². The van der Waals surface area contributed by atoms with Crippen LogP contribution in [0.25, 0.3) is 0 Å². The van der Waals surface area contributed by atoms with Crippen LogP contribution < -0.4 is 0 Å². The number of carbonyl (C=O) groups excluding carboxylic acids is 2. The first kappa shape index (κ1) is 20.4. The number of urea groups is 1. The first-order valence-electron chi connectivity index (χ1n) is 9.47. The molecule has 1 aliphatic heterocycles. The number of amides is 2. The Balaban J connectivity index is 1.97. The predicted molar refractivity (Wildman–Crippen MR) is 106 cm³/mol. The van der Waals surface area contributed by atoms with Gasteiger partial charge in [-0.2, -0.15) is 0 Å². The number of benzene rings is 2. The minimum Gasteiger partial charge on any atom is -0.480 e. The molecule has 0 spiro atoms. The number of nitrogens with zero attached hydrogens (tertiary/aromatic N) is 2. The molecule has 1 heterocycles. The molecule has 0 aliphatic carbocycles. The van der Waals surface area contributed by atoms with Gasteiger partial charge in [0.1, 0.15) is 0 Å². The minimum atomic E-state index is -1.34. The van der Waals surface area contributed by atoms with Gasteiger partial charge in [0.15, 0.2) is 12.1 Å². The van der Waals surface area contributed by atoms with Crippen molar-refractivity contribution in [2.24, 2.45) is 0 Å². The van der Waals surface area contributed by atoms with Gasteiger partial charge in [-0.25, -0.2) is 14.4 Å². The van der Waals surface area contributed by atoms with Gasteiger partial charge in [-0.3, -0.25) is 0 Å². The second kappa shape index (κ2) is 8.77. The SMILES string of the molecule is CC(C)OC(=O)C1C(C(=O)O)N(Cc2ccccc2)C(=O)N1Cc1ccccc1. The minimum absolute atomic E-state index is 0.0907. The molecule has 2 unspecified atom stereocenters. The van der Waals surface area contributed by atoms with E-state index in [1.807, 2.05) is 60.7 Å². The van der Waals surface area contributed by atoms with Crippen LogP contribution in [-0.2, 0) is 27.4 Å².